The first kappa shape index (κ1) is 12.4. The Morgan fingerprint density at radius 2 is 2.53 bits per heavy atom. The first-order valence-corrected chi connectivity index (χ1v) is 6.80. The largest absolute Gasteiger partial charge is 0.409 e. The van der Waals surface area contributed by atoms with Crippen molar-refractivity contribution < 1.29 is 5.21 Å². The van der Waals surface area contributed by atoms with Crippen molar-refractivity contribution in [1.29, 1.82) is 0 Å². The highest BCUT2D eigenvalue weighted by atomic mass is 32.1. The average Bonchev–Trinajstić information content (AvgIpc) is 2.78. The minimum Gasteiger partial charge on any atom is -0.409 e. The highest BCUT2D eigenvalue weighted by Gasteiger charge is 2.28. The molecule has 4 nitrogen and oxygen atoms in total. The van der Waals surface area contributed by atoms with Crippen molar-refractivity contribution in [2.45, 2.75) is 38.8 Å². The van der Waals surface area contributed by atoms with Crippen molar-refractivity contribution in [3.05, 3.63) is 21.9 Å². The zero-order valence-corrected chi connectivity index (χ0v) is 11.1. The predicted molar refractivity (Wildman–Crippen MR) is 70.6 cm³/mol. The van der Waals surface area contributed by atoms with Crippen molar-refractivity contribution in [3.8, 4) is 0 Å². The van der Waals surface area contributed by atoms with E-state index in [1.807, 2.05) is 11.3 Å². The molecule has 5 heteroatoms. The molecule has 0 amide bonds. The van der Waals surface area contributed by atoms with Gasteiger partial charge in [-0.05, 0) is 37.3 Å². The molecule has 2 unspecified atom stereocenters. The molecule has 1 aliphatic heterocycles. The number of rotatable bonds is 3. The fraction of sp³-hybridized carbons (Fsp3) is 0.583. The van der Waals surface area contributed by atoms with Crippen LogP contribution in [0, 0.1) is 0 Å². The Balaban J connectivity index is 2.09. The predicted octanol–water partition coefficient (Wildman–Crippen LogP) is 2.19. The van der Waals surface area contributed by atoms with Crippen LogP contribution in [0.2, 0.25) is 0 Å². The van der Waals surface area contributed by atoms with E-state index in [2.05, 4.69) is 35.3 Å². The number of nitrogens with two attached hydrogens (primary N) is 1. The lowest BCUT2D eigenvalue weighted by Crippen LogP contribution is -2.41. The summed E-state index contributed by atoms with van der Waals surface area (Å²) in [4.78, 5) is 3.93. The molecule has 0 aromatic carbocycles. The van der Waals surface area contributed by atoms with Crippen LogP contribution in [0.25, 0.3) is 0 Å². The van der Waals surface area contributed by atoms with Gasteiger partial charge in [-0.3, -0.25) is 4.90 Å². The van der Waals surface area contributed by atoms with Crippen molar-refractivity contribution in [2.24, 2.45) is 10.9 Å². The Morgan fingerprint density at radius 3 is 3.24 bits per heavy atom. The van der Waals surface area contributed by atoms with Crippen molar-refractivity contribution >= 4 is 17.2 Å². The van der Waals surface area contributed by atoms with Crippen LogP contribution in [-0.2, 0) is 6.42 Å². The molecular weight excluding hydrogens is 234 g/mol. The molecule has 0 bridgehead atoms. The minimum atomic E-state index is 0.300. The van der Waals surface area contributed by atoms with Crippen LogP contribution in [0.4, 0.5) is 0 Å². The summed E-state index contributed by atoms with van der Waals surface area (Å²) >= 11 is 1.85. The summed E-state index contributed by atoms with van der Waals surface area (Å²) in [6, 6.07) is 2.94. The number of nitrogens with zero attached hydrogens (tertiary/aromatic N) is 2. The molecule has 2 rings (SSSR count). The van der Waals surface area contributed by atoms with Gasteiger partial charge in [-0.2, -0.15) is 0 Å². The van der Waals surface area contributed by atoms with E-state index in [0.717, 1.165) is 13.0 Å². The molecule has 0 spiro atoms. The Hall–Kier alpha value is -1.07. The molecule has 1 aliphatic rings. The third kappa shape index (κ3) is 2.45. The van der Waals surface area contributed by atoms with E-state index < -0.39 is 0 Å². The second-order valence-electron chi connectivity index (χ2n) is 4.61. The zero-order valence-electron chi connectivity index (χ0n) is 10.3. The monoisotopic (exact) mass is 253 g/mol. The summed E-state index contributed by atoms with van der Waals surface area (Å²) in [6.45, 7) is 5.41. The molecule has 0 fully saturated rings. The van der Waals surface area contributed by atoms with Gasteiger partial charge in [-0.15, -0.1) is 11.3 Å². The molecule has 1 aromatic rings. The van der Waals surface area contributed by atoms with Crippen LogP contribution in [0.15, 0.2) is 16.6 Å². The maximum Gasteiger partial charge on any atom is 0.140 e. The van der Waals surface area contributed by atoms with Crippen LogP contribution in [0.5, 0.6) is 0 Å². The summed E-state index contributed by atoms with van der Waals surface area (Å²) in [5.74, 6) is 0.306. The fourth-order valence-corrected chi connectivity index (χ4v) is 3.55. The van der Waals surface area contributed by atoms with Gasteiger partial charge in [0, 0.05) is 29.9 Å². The van der Waals surface area contributed by atoms with Gasteiger partial charge in [0.05, 0.1) is 0 Å². The SMILES string of the molecule is CC(C/C(N)=N/O)N1CCc2sccc2C1C. The van der Waals surface area contributed by atoms with Gasteiger partial charge in [0.15, 0.2) is 0 Å². The highest BCUT2D eigenvalue weighted by Crippen LogP contribution is 2.34. The van der Waals surface area contributed by atoms with E-state index in [1.54, 1.807) is 0 Å². The second-order valence-corrected chi connectivity index (χ2v) is 5.61. The molecule has 17 heavy (non-hydrogen) atoms. The van der Waals surface area contributed by atoms with E-state index in [4.69, 9.17) is 10.9 Å². The number of amidine groups is 1. The quantitative estimate of drug-likeness (QED) is 0.376. The van der Waals surface area contributed by atoms with Gasteiger partial charge in [0.2, 0.25) is 0 Å². The van der Waals surface area contributed by atoms with E-state index >= 15 is 0 Å². The first-order valence-electron chi connectivity index (χ1n) is 5.92. The molecule has 0 radical (unpaired) electrons. The summed E-state index contributed by atoms with van der Waals surface area (Å²) in [5, 5.41) is 13.8. The number of thiophene rings is 1. The Labute approximate surface area is 106 Å². The average molecular weight is 253 g/mol. The molecule has 0 saturated heterocycles. The van der Waals surface area contributed by atoms with Crippen molar-refractivity contribution in [2.75, 3.05) is 6.54 Å². The maximum absolute atomic E-state index is 8.62. The lowest BCUT2D eigenvalue weighted by molar-refractivity contribution is 0.148. The molecule has 0 saturated carbocycles. The van der Waals surface area contributed by atoms with Crippen molar-refractivity contribution in [3.63, 3.8) is 0 Å². The third-order valence-electron chi connectivity index (χ3n) is 3.52. The fourth-order valence-electron chi connectivity index (χ4n) is 2.59. The van der Waals surface area contributed by atoms with Gasteiger partial charge in [0.1, 0.15) is 5.84 Å². The Kier molecular flexibility index (Phi) is 3.69. The van der Waals surface area contributed by atoms with Gasteiger partial charge in [-0.25, -0.2) is 0 Å². The van der Waals surface area contributed by atoms with Gasteiger partial charge >= 0.3 is 0 Å². The smallest absolute Gasteiger partial charge is 0.140 e. The second kappa shape index (κ2) is 5.06. The molecule has 2 atom stereocenters. The van der Waals surface area contributed by atoms with E-state index in [1.165, 1.54) is 10.4 Å². The van der Waals surface area contributed by atoms with E-state index in [-0.39, 0.29) is 0 Å². The number of fused-ring (bicyclic) bond motifs is 1. The van der Waals surface area contributed by atoms with Crippen LogP contribution in [-0.4, -0.2) is 28.5 Å². The first-order chi connectivity index (χ1) is 8.13. The Morgan fingerprint density at radius 1 is 1.76 bits per heavy atom. The third-order valence-corrected chi connectivity index (χ3v) is 4.52. The summed E-state index contributed by atoms with van der Waals surface area (Å²) in [6.07, 6.45) is 1.72. The summed E-state index contributed by atoms with van der Waals surface area (Å²) in [7, 11) is 0. The molecule has 94 valence electrons. The lowest BCUT2D eigenvalue weighted by atomic mass is 9.98. The maximum atomic E-state index is 8.62. The molecule has 0 aliphatic carbocycles. The normalized spacial score (nSPS) is 23.4. The molecular formula is C12H19N3OS. The molecule has 2 heterocycles. The van der Waals surface area contributed by atoms with Crippen LogP contribution in [0.3, 0.4) is 0 Å². The summed E-state index contributed by atoms with van der Waals surface area (Å²) < 4.78 is 0. The van der Waals surface area contributed by atoms with E-state index in [9.17, 15) is 0 Å². The van der Waals surface area contributed by atoms with Crippen LogP contribution >= 0.6 is 11.3 Å². The standard InChI is InChI=1S/C12H19N3OS/c1-8(7-12(13)14-16)15-5-3-11-10(9(15)2)4-6-17-11/h4,6,8-9,16H,3,5,7H2,1-2H3,(H2,13,14). The lowest BCUT2D eigenvalue weighted by Gasteiger charge is -2.38. The van der Waals surface area contributed by atoms with Crippen LogP contribution in [0.1, 0.15) is 36.8 Å². The summed E-state index contributed by atoms with van der Waals surface area (Å²) in [5.41, 5.74) is 7.01. The van der Waals surface area contributed by atoms with E-state index in [0.29, 0.717) is 24.3 Å². The number of oxime groups is 1. The molecule has 3 N–H and O–H groups in total. The zero-order chi connectivity index (χ0) is 12.4. The van der Waals surface area contributed by atoms with Gasteiger partial charge in [0.25, 0.3) is 0 Å². The minimum absolute atomic E-state index is 0.300. The van der Waals surface area contributed by atoms with Gasteiger partial charge in [-0.1, -0.05) is 5.16 Å². The topological polar surface area (TPSA) is 61.9 Å². The molecule has 1 aromatic heterocycles. The van der Waals surface area contributed by atoms with Gasteiger partial charge < -0.3 is 10.9 Å². The highest BCUT2D eigenvalue weighted by molar-refractivity contribution is 7.10. The number of hydrogen-bond acceptors (Lipinski definition) is 4. The van der Waals surface area contributed by atoms with Crippen molar-refractivity contribution in [1.82, 2.24) is 4.90 Å². The number of hydrogen-bond donors (Lipinski definition) is 2. The Bertz CT molecular complexity index is 416. The van der Waals surface area contributed by atoms with Crippen LogP contribution < -0.4 is 5.73 Å².